The number of nitrogens with one attached hydrogen (secondary N) is 1. The molecule has 0 aliphatic rings. The van der Waals surface area contributed by atoms with Crippen molar-refractivity contribution in [1.82, 2.24) is 5.32 Å². The molecule has 186 valence electrons. The van der Waals surface area contributed by atoms with E-state index in [1.807, 2.05) is 0 Å². The normalized spacial score (nSPS) is 14.6. The number of carbonyl (C=O) groups excluding carboxylic acids is 1. The van der Waals surface area contributed by atoms with Crippen molar-refractivity contribution in [2.75, 3.05) is 0 Å². The molecule has 0 spiro atoms. The molecule has 0 aliphatic carbocycles. The minimum atomic E-state index is -5.11. The fourth-order valence-electron chi connectivity index (χ4n) is 2.85. The first kappa shape index (κ1) is 28.2. The van der Waals surface area contributed by atoms with E-state index in [2.05, 4.69) is 5.32 Å². The first-order valence-corrected chi connectivity index (χ1v) is 10.6. The third-order valence-electron chi connectivity index (χ3n) is 4.63. The van der Waals surface area contributed by atoms with Crippen LogP contribution in [0.5, 0.6) is 0 Å². The van der Waals surface area contributed by atoms with E-state index < -0.39 is 58.4 Å². The number of amides is 1. The lowest BCUT2D eigenvalue weighted by Gasteiger charge is -2.19. The lowest BCUT2D eigenvalue weighted by molar-refractivity contribution is -0.140. The maximum atomic E-state index is 14.8. The summed E-state index contributed by atoms with van der Waals surface area (Å²) in [5.41, 5.74) is 1.69. The zero-order valence-electron chi connectivity index (χ0n) is 17.1. The third kappa shape index (κ3) is 6.78. The zero-order chi connectivity index (χ0) is 26.0. The molecule has 0 heterocycles. The average molecular weight is 552 g/mol. The van der Waals surface area contributed by atoms with Crippen LogP contribution in [0.2, 0.25) is 15.1 Å². The van der Waals surface area contributed by atoms with Crippen molar-refractivity contribution >= 4 is 46.5 Å². The van der Waals surface area contributed by atoms with E-state index in [-0.39, 0.29) is 33.6 Å². The Labute approximate surface area is 204 Å². The number of carbonyl (C=O) groups is 1. The summed E-state index contributed by atoms with van der Waals surface area (Å²) >= 11 is 17.3. The SMILES string of the molecule is CC[C@H](N)NC(=O)c1ccc(/C(F)=C/C(c2cc(Cl)c(Cl)c(Cl)c2)C(F)(F)F)cc1C(F)(F)F. The second kappa shape index (κ2) is 10.7. The summed E-state index contributed by atoms with van der Waals surface area (Å²) in [4.78, 5) is 12.2. The molecule has 2 atom stereocenters. The summed E-state index contributed by atoms with van der Waals surface area (Å²) in [6.45, 7) is 1.58. The average Bonchev–Trinajstić information content (AvgIpc) is 2.73. The Hall–Kier alpha value is -2.01. The van der Waals surface area contributed by atoms with Crippen LogP contribution in [0.3, 0.4) is 0 Å². The molecule has 34 heavy (non-hydrogen) atoms. The monoisotopic (exact) mass is 550 g/mol. The highest BCUT2D eigenvalue weighted by molar-refractivity contribution is 6.48. The largest absolute Gasteiger partial charge is 0.417 e. The van der Waals surface area contributed by atoms with Gasteiger partial charge in [0.1, 0.15) is 11.7 Å². The van der Waals surface area contributed by atoms with Crippen LogP contribution in [0.15, 0.2) is 36.4 Å². The number of nitrogens with two attached hydrogens (primary N) is 1. The Morgan fingerprint density at radius 3 is 2.09 bits per heavy atom. The van der Waals surface area contributed by atoms with Crippen LogP contribution in [0.25, 0.3) is 5.83 Å². The standard InChI is InChI=1S/C21H16Cl3F7N2O/c1-2-17(32)33-19(34)11-4-3-9(5-13(11)21(29,30)31)16(25)8-12(20(26,27)28)10-6-14(22)18(24)15(23)7-10/h3-8,12,17H,2,32H2,1H3,(H,33,34)/b16-8-/t12?,17-/m1/s1. The molecule has 2 aromatic rings. The van der Waals surface area contributed by atoms with Gasteiger partial charge in [0.2, 0.25) is 0 Å². The maximum absolute atomic E-state index is 14.8. The van der Waals surface area contributed by atoms with Crippen molar-refractivity contribution in [2.45, 2.75) is 37.8 Å². The number of benzene rings is 2. The summed E-state index contributed by atoms with van der Waals surface area (Å²) in [7, 11) is 0. The van der Waals surface area contributed by atoms with Gasteiger partial charge in [-0.3, -0.25) is 4.79 Å². The molecular weight excluding hydrogens is 536 g/mol. The second-order valence-corrected chi connectivity index (χ2v) is 8.27. The van der Waals surface area contributed by atoms with Crippen LogP contribution < -0.4 is 11.1 Å². The molecule has 0 saturated carbocycles. The number of hydrogen-bond acceptors (Lipinski definition) is 2. The minimum absolute atomic E-state index is 0.0815. The van der Waals surface area contributed by atoms with Crippen LogP contribution in [0, 0.1) is 0 Å². The van der Waals surface area contributed by atoms with Crippen molar-refractivity contribution in [3.63, 3.8) is 0 Å². The van der Waals surface area contributed by atoms with Gasteiger partial charge < -0.3 is 11.1 Å². The van der Waals surface area contributed by atoms with Crippen LogP contribution >= 0.6 is 34.8 Å². The van der Waals surface area contributed by atoms with Crippen LogP contribution in [0.4, 0.5) is 30.7 Å². The van der Waals surface area contributed by atoms with Gasteiger partial charge in [-0.1, -0.05) is 47.8 Å². The van der Waals surface area contributed by atoms with E-state index in [9.17, 15) is 35.5 Å². The highest BCUT2D eigenvalue weighted by atomic mass is 35.5. The van der Waals surface area contributed by atoms with Gasteiger partial charge in [0.25, 0.3) is 5.91 Å². The van der Waals surface area contributed by atoms with Crippen LogP contribution in [0.1, 0.15) is 46.3 Å². The van der Waals surface area contributed by atoms with Gasteiger partial charge in [0.15, 0.2) is 0 Å². The number of allylic oxidation sites excluding steroid dienone is 1. The molecule has 2 aromatic carbocycles. The first-order chi connectivity index (χ1) is 15.6. The molecule has 3 N–H and O–H groups in total. The molecule has 0 saturated heterocycles. The van der Waals surface area contributed by atoms with Gasteiger partial charge in [0.05, 0.1) is 32.4 Å². The van der Waals surface area contributed by atoms with Crippen LogP contribution in [-0.2, 0) is 6.18 Å². The number of halogens is 10. The fraction of sp³-hybridized carbons (Fsp3) is 0.286. The highest BCUT2D eigenvalue weighted by Crippen LogP contribution is 2.42. The summed E-state index contributed by atoms with van der Waals surface area (Å²) in [5.74, 6) is -5.40. The number of alkyl halides is 6. The van der Waals surface area contributed by atoms with Gasteiger partial charge in [-0.05, 0) is 42.3 Å². The Kier molecular flexibility index (Phi) is 8.90. The lowest BCUT2D eigenvalue weighted by Crippen LogP contribution is -2.41. The summed E-state index contributed by atoms with van der Waals surface area (Å²) < 4.78 is 96.4. The molecule has 1 unspecified atom stereocenters. The van der Waals surface area contributed by atoms with Gasteiger partial charge in [-0.2, -0.15) is 26.3 Å². The van der Waals surface area contributed by atoms with Gasteiger partial charge in [-0.15, -0.1) is 0 Å². The quantitative estimate of drug-likeness (QED) is 0.219. The van der Waals surface area contributed by atoms with Crippen molar-refractivity contribution in [3.05, 3.63) is 73.7 Å². The summed E-state index contributed by atoms with van der Waals surface area (Å²) in [5, 5.41) is 1.27. The van der Waals surface area contributed by atoms with Crippen molar-refractivity contribution in [2.24, 2.45) is 5.73 Å². The molecule has 3 nitrogen and oxygen atoms in total. The number of rotatable bonds is 6. The summed E-state index contributed by atoms with van der Waals surface area (Å²) in [6.07, 6.45) is -10.8. The molecule has 13 heteroatoms. The van der Waals surface area contributed by atoms with Gasteiger partial charge in [-0.25, -0.2) is 4.39 Å². The first-order valence-electron chi connectivity index (χ1n) is 9.42. The predicted molar refractivity (Wildman–Crippen MR) is 117 cm³/mol. The van der Waals surface area contributed by atoms with Crippen molar-refractivity contribution < 1.29 is 35.5 Å². The molecule has 0 aromatic heterocycles. The fourth-order valence-corrected chi connectivity index (χ4v) is 3.46. The smallest absolute Gasteiger partial charge is 0.337 e. The zero-order valence-corrected chi connectivity index (χ0v) is 19.4. The van der Waals surface area contributed by atoms with Gasteiger partial charge >= 0.3 is 12.4 Å². The van der Waals surface area contributed by atoms with Crippen molar-refractivity contribution in [3.8, 4) is 0 Å². The molecule has 1 amide bonds. The maximum Gasteiger partial charge on any atom is 0.417 e. The highest BCUT2D eigenvalue weighted by Gasteiger charge is 2.41. The molecule has 0 aliphatic heterocycles. The molecule has 2 rings (SSSR count). The predicted octanol–water partition coefficient (Wildman–Crippen LogP) is 7.75. The Bertz CT molecular complexity index is 1080. The van der Waals surface area contributed by atoms with E-state index in [0.29, 0.717) is 6.07 Å². The Morgan fingerprint density at radius 2 is 1.62 bits per heavy atom. The van der Waals surface area contributed by atoms with E-state index >= 15 is 0 Å². The molecule has 0 radical (unpaired) electrons. The van der Waals surface area contributed by atoms with E-state index in [1.165, 1.54) is 0 Å². The van der Waals surface area contributed by atoms with E-state index in [1.54, 1.807) is 6.92 Å². The minimum Gasteiger partial charge on any atom is -0.337 e. The molecular formula is C21H16Cl3F7N2O. The third-order valence-corrected chi connectivity index (χ3v) is 5.83. The van der Waals surface area contributed by atoms with Crippen molar-refractivity contribution in [1.29, 1.82) is 0 Å². The Morgan fingerprint density at radius 1 is 1.06 bits per heavy atom. The number of hydrogen-bond donors (Lipinski definition) is 2. The molecule has 0 bridgehead atoms. The summed E-state index contributed by atoms with van der Waals surface area (Å²) in [6, 6.07) is 3.30. The topological polar surface area (TPSA) is 55.1 Å². The van der Waals surface area contributed by atoms with E-state index in [0.717, 1.165) is 18.2 Å². The lowest BCUT2D eigenvalue weighted by atomic mass is 9.95. The second-order valence-electron chi connectivity index (χ2n) is 7.08. The Balaban J connectivity index is 2.58. The van der Waals surface area contributed by atoms with Crippen LogP contribution in [-0.4, -0.2) is 18.2 Å². The molecule has 0 fully saturated rings. The van der Waals surface area contributed by atoms with E-state index in [4.69, 9.17) is 40.5 Å². The van der Waals surface area contributed by atoms with Gasteiger partial charge in [0, 0.05) is 5.56 Å².